The van der Waals surface area contributed by atoms with Gasteiger partial charge in [-0.15, -0.1) is 0 Å². The number of halogens is 1. The topological polar surface area (TPSA) is 70.0 Å². The Morgan fingerprint density at radius 1 is 1.57 bits per heavy atom. The van der Waals surface area contributed by atoms with Crippen LogP contribution in [-0.2, 0) is 0 Å². The van der Waals surface area contributed by atoms with Gasteiger partial charge in [0.2, 0.25) is 0 Å². The van der Waals surface area contributed by atoms with Gasteiger partial charge in [0, 0.05) is 18.2 Å². The smallest absolute Gasteiger partial charge is 0.145 e. The minimum Gasteiger partial charge on any atom is -0.396 e. The van der Waals surface area contributed by atoms with Gasteiger partial charge in [0.05, 0.1) is 5.56 Å². The summed E-state index contributed by atoms with van der Waals surface area (Å²) in [6.07, 6.45) is 0.284. The Morgan fingerprint density at radius 2 is 2.29 bits per heavy atom. The Bertz CT molecular complexity index is 360. The molecule has 0 amide bonds. The van der Waals surface area contributed by atoms with Crippen LogP contribution >= 0.6 is 0 Å². The summed E-state index contributed by atoms with van der Waals surface area (Å²) in [6, 6.07) is 5.67. The van der Waals surface area contributed by atoms with E-state index in [0.29, 0.717) is 0 Å². The maximum absolute atomic E-state index is 13.5. The number of nitrogens with zero attached hydrogens (tertiary/aromatic N) is 1. The second kappa shape index (κ2) is 4.70. The van der Waals surface area contributed by atoms with Crippen LogP contribution in [0, 0.1) is 17.1 Å². The third-order valence-electron chi connectivity index (χ3n) is 1.99. The van der Waals surface area contributed by atoms with Crippen LogP contribution in [0.25, 0.3) is 0 Å². The highest BCUT2D eigenvalue weighted by molar-refractivity contribution is 5.36. The highest BCUT2D eigenvalue weighted by atomic mass is 19.1. The zero-order chi connectivity index (χ0) is 10.6. The number of aliphatic hydroxyl groups is 1. The Morgan fingerprint density at radius 3 is 2.86 bits per heavy atom. The standard InChI is InChI=1S/C10H11FN2O/c11-10-7(6-12)2-1-3-8(10)9(13)4-5-14/h1-3,9,14H,4-5,13H2/t9-/m1/s1. The first-order chi connectivity index (χ1) is 6.70. The predicted octanol–water partition coefficient (Wildman–Crippen LogP) is 1.08. The first kappa shape index (κ1) is 10.6. The van der Waals surface area contributed by atoms with E-state index in [9.17, 15) is 4.39 Å². The Hall–Kier alpha value is -1.44. The highest BCUT2D eigenvalue weighted by Crippen LogP contribution is 2.19. The van der Waals surface area contributed by atoms with Gasteiger partial charge >= 0.3 is 0 Å². The van der Waals surface area contributed by atoms with E-state index in [1.54, 1.807) is 12.1 Å². The molecule has 0 radical (unpaired) electrons. The van der Waals surface area contributed by atoms with Crippen LogP contribution in [0.3, 0.4) is 0 Å². The summed E-state index contributed by atoms with van der Waals surface area (Å²) in [5.41, 5.74) is 5.88. The molecule has 0 aromatic heterocycles. The number of hydrogen-bond acceptors (Lipinski definition) is 3. The molecule has 0 saturated carbocycles. The van der Waals surface area contributed by atoms with Crippen molar-refractivity contribution in [2.75, 3.05) is 6.61 Å². The van der Waals surface area contributed by atoms with Gasteiger partial charge in [-0.05, 0) is 12.5 Å². The molecule has 0 fully saturated rings. The van der Waals surface area contributed by atoms with Crippen molar-refractivity contribution < 1.29 is 9.50 Å². The zero-order valence-corrected chi connectivity index (χ0v) is 7.57. The van der Waals surface area contributed by atoms with E-state index in [2.05, 4.69) is 0 Å². The Labute approximate surface area is 81.6 Å². The van der Waals surface area contributed by atoms with Gasteiger partial charge in [-0.1, -0.05) is 12.1 Å². The third kappa shape index (κ3) is 2.08. The van der Waals surface area contributed by atoms with E-state index in [0.717, 1.165) is 0 Å². The lowest BCUT2D eigenvalue weighted by molar-refractivity contribution is 0.275. The molecule has 0 aliphatic rings. The molecule has 1 aromatic rings. The minimum absolute atomic E-state index is 0.0177. The number of hydrogen-bond donors (Lipinski definition) is 2. The molecule has 0 aliphatic heterocycles. The van der Waals surface area contributed by atoms with Crippen molar-refractivity contribution in [2.24, 2.45) is 5.73 Å². The maximum Gasteiger partial charge on any atom is 0.145 e. The summed E-state index contributed by atoms with van der Waals surface area (Å²) in [5, 5.41) is 17.2. The van der Waals surface area contributed by atoms with Gasteiger partial charge in [-0.3, -0.25) is 0 Å². The first-order valence-corrected chi connectivity index (χ1v) is 4.25. The molecule has 1 aromatic carbocycles. The van der Waals surface area contributed by atoms with Gasteiger partial charge in [0.1, 0.15) is 11.9 Å². The molecule has 1 atom stereocenters. The van der Waals surface area contributed by atoms with Crippen LogP contribution in [-0.4, -0.2) is 11.7 Å². The second-order valence-electron chi connectivity index (χ2n) is 2.94. The van der Waals surface area contributed by atoms with Crippen molar-refractivity contribution >= 4 is 0 Å². The van der Waals surface area contributed by atoms with Gasteiger partial charge in [-0.25, -0.2) is 4.39 Å². The monoisotopic (exact) mass is 194 g/mol. The molecule has 0 saturated heterocycles. The van der Waals surface area contributed by atoms with E-state index < -0.39 is 11.9 Å². The van der Waals surface area contributed by atoms with Crippen molar-refractivity contribution in [2.45, 2.75) is 12.5 Å². The van der Waals surface area contributed by atoms with Crippen LogP contribution in [0.5, 0.6) is 0 Å². The fourth-order valence-electron chi connectivity index (χ4n) is 1.22. The van der Waals surface area contributed by atoms with E-state index in [1.807, 2.05) is 0 Å². The summed E-state index contributed by atoms with van der Waals surface area (Å²) in [6.45, 7) is -0.0998. The molecular formula is C10H11FN2O. The van der Waals surface area contributed by atoms with E-state index in [4.69, 9.17) is 16.1 Å². The molecule has 3 N–H and O–H groups in total. The average molecular weight is 194 g/mol. The third-order valence-corrected chi connectivity index (χ3v) is 1.99. The molecule has 0 unspecified atom stereocenters. The first-order valence-electron chi connectivity index (χ1n) is 4.25. The number of benzene rings is 1. The summed E-state index contributed by atoms with van der Waals surface area (Å²) >= 11 is 0. The van der Waals surface area contributed by atoms with Crippen LogP contribution in [0.2, 0.25) is 0 Å². The molecule has 4 heteroatoms. The summed E-state index contributed by atoms with van der Waals surface area (Å²) < 4.78 is 13.5. The number of rotatable bonds is 3. The molecule has 0 bridgehead atoms. The molecule has 0 heterocycles. The molecule has 14 heavy (non-hydrogen) atoms. The zero-order valence-electron chi connectivity index (χ0n) is 7.57. The fraction of sp³-hybridized carbons (Fsp3) is 0.300. The van der Waals surface area contributed by atoms with Crippen molar-refractivity contribution in [3.05, 3.63) is 35.1 Å². The van der Waals surface area contributed by atoms with Gasteiger partial charge in [0.25, 0.3) is 0 Å². The highest BCUT2D eigenvalue weighted by Gasteiger charge is 2.13. The average Bonchev–Trinajstić information content (AvgIpc) is 2.18. The molecule has 0 aliphatic carbocycles. The minimum atomic E-state index is -0.587. The van der Waals surface area contributed by atoms with E-state index in [1.165, 1.54) is 12.1 Å². The SMILES string of the molecule is N#Cc1cccc([C@H](N)CCO)c1F. The van der Waals surface area contributed by atoms with Crippen LogP contribution in [0.4, 0.5) is 4.39 Å². The molecule has 3 nitrogen and oxygen atoms in total. The van der Waals surface area contributed by atoms with Gasteiger partial charge in [-0.2, -0.15) is 5.26 Å². The van der Waals surface area contributed by atoms with Crippen molar-refractivity contribution in [3.8, 4) is 6.07 Å². The van der Waals surface area contributed by atoms with Crippen molar-refractivity contribution in [1.82, 2.24) is 0 Å². The molecule has 1 rings (SSSR count). The lowest BCUT2D eigenvalue weighted by Gasteiger charge is -2.11. The summed E-state index contributed by atoms with van der Waals surface area (Å²) in [7, 11) is 0. The van der Waals surface area contributed by atoms with Crippen molar-refractivity contribution in [1.29, 1.82) is 5.26 Å². The normalized spacial score (nSPS) is 12.1. The Kier molecular flexibility index (Phi) is 3.57. The lowest BCUT2D eigenvalue weighted by atomic mass is 10.0. The van der Waals surface area contributed by atoms with Crippen LogP contribution in [0.15, 0.2) is 18.2 Å². The van der Waals surface area contributed by atoms with E-state index >= 15 is 0 Å². The van der Waals surface area contributed by atoms with Crippen LogP contribution < -0.4 is 5.73 Å². The fourth-order valence-corrected chi connectivity index (χ4v) is 1.22. The quantitative estimate of drug-likeness (QED) is 0.756. The molecule has 74 valence electrons. The predicted molar refractivity (Wildman–Crippen MR) is 49.7 cm³/mol. The largest absolute Gasteiger partial charge is 0.396 e. The number of nitriles is 1. The second-order valence-corrected chi connectivity index (χ2v) is 2.94. The lowest BCUT2D eigenvalue weighted by Crippen LogP contribution is -2.14. The number of nitrogens with two attached hydrogens (primary N) is 1. The maximum atomic E-state index is 13.5. The molecule has 0 spiro atoms. The van der Waals surface area contributed by atoms with Gasteiger partial charge in [0.15, 0.2) is 0 Å². The van der Waals surface area contributed by atoms with Gasteiger partial charge < -0.3 is 10.8 Å². The Balaban J connectivity index is 3.04. The van der Waals surface area contributed by atoms with E-state index in [-0.39, 0.29) is 24.2 Å². The summed E-state index contributed by atoms with van der Waals surface area (Å²) in [5.74, 6) is -0.587. The van der Waals surface area contributed by atoms with Crippen LogP contribution in [0.1, 0.15) is 23.6 Å². The summed E-state index contributed by atoms with van der Waals surface area (Å²) in [4.78, 5) is 0. The molecular weight excluding hydrogens is 183 g/mol. The number of aliphatic hydroxyl groups excluding tert-OH is 1. The van der Waals surface area contributed by atoms with Crippen molar-refractivity contribution in [3.63, 3.8) is 0 Å².